The summed E-state index contributed by atoms with van der Waals surface area (Å²) >= 11 is 0. The maximum absolute atomic E-state index is 4.89. The molecule has 8 nitrogen and oxygen atoms in total. The standard InChI is InChI=1S/C18H24N8/c1-2-4-13(3-1)16-11-26-18(20-12-22-26)17(24-16)23-14-9-21-25(10-14)15-5-7-19-8-6-15/h9-13,15,19H,1-8H2,(H,23,24). The van der Waals surface area contributed by atoms with Gasteiger partial charge in [-0.1, -0.05) is 12.8 Å². The second kappa shape index (κ2) is 6.68. The summed E-state index contributed by atoms with van der Waals surface area (Å²) < 4.78 is 3.91. The van der Waals surface area contributed by atoms with Gasteiger partial charge >= 0.3 is 0 Å². The maximum atomic E-state index is 4.89. The van der Waals surface area contributed by atoms with Crippen LogP contribution < -0.4 is 10.6 Å². The second-order valence-corrected chi connectivity index (χ2v) is 7.34. The van der Waals surface area contributed by atoms with Gasteiger partial charge in [0.1, 0.15) is 6.33 Å². The van der Waals surface area contributed by atoms with Crippen molar-refractivity contribution in [2.24, 2.45) is 0 Å². The third-order valence-corrected chi connectivity index (χ3v) is 5.60. The van der Waals surface area contributed by atoms with Gasteiger partial charge in [-0.3, -0.25) is 4.68 Å². The van der Waals surface area contributed by atoms with Crippen LogP contribution in [0.5, 0.6) is 0 Å². The Bertz CT molecular complexity index is 886. The van der Waals surface area contributed by atoms with Gasteiger partial charge in [0.2, 0.25) is 0 Å². The molecule has 1 aliphatic heterocycles. The number of anilines is 2. The molecule has 1 aliphatic carbocycles. The molecule has 8 heteroatoms. The van der Waals surface area contributed by atoms with E-state index in [2.05, 4.69) is 36.7 Å². The molecule has 2 N–H and O–H groups in total. The number of hydrogen-bond acceptors (Lipinski definition) is 6. The van der Waals surface area contributed by atoms with Crippen LogP contribution in [0.2, 0.25) is 0 Å². The van der Waals surface area contributed by atoms with E-state index < -0.39 is 0 Å². The lowest BCUT2D eigenvalue weighted by molar-refractivity contribution is 0.343. The van der Waals surface area contributed by atoms with Gasteiger partial charge in [-0.25, -0.2) is 14.5 Å². The molecule has 0 aromatic carbocycles. The van der Waals surface area contributed by atoms with Crippen LogP contribution in [-0.2, 0) is 0 Å². The minimum atomic E-state index is 0.470. The molecule has 0 amide bonds. The van der Waals surface area contributed by atoms with Crippen LogP contribution in [0.1, 0.15) is 56.2 Å². The normalized spacial score (nSPS) is 19.4. The van der Waals surface area contributed by atoms with Gasteiger partial charge < -0.3 is 10.6 Å². The van der Waals surface area contributed by atoms with Crippen LogP contribution in [0.25, 0.3) is 5.65 Å². The number of piperidine rings is 1. The molecular formula is C18H24N8. The van der Waals surface area contributed by atoms with Crippen molar-refractivity contribution in [3.63, 3.8) is 0 Å². The summed E-state index contributed by atoms with van der Waals surface area (Å²) in [5, 5.41) is 15.7. The van der Waals surface area contributed by atoms with Gasteiger partial charge in [0.15, 0.2) is 11.5 Å². The Morgan fingerprint density at radius 3 is 2.73 bits per heavy atom. The Morgan fingerprint density at radius 2 is 1.88 bits per heavy atom. The molecule has 26 heavy (non-hydrogen) atoms. The molecule has 0 unspecified atom stereocenters. The van der Waals surface area contributed by atoms with E-state index in [0.29, 0.717) is 12.0 Å². The number of nitrogens with zero attached hydrogens (tertiary/aromatic N) is 6. The van der Waals surface area contributed by atoms with Crippen molar-refractivity contribution in [2.75, 3.05) is 18.4 Å². The van der Waals surface area contributed by atoms with E-state index in [9.17, 15) is 0 Å². The quantitative estimate of drug-likeness (QED) is 0.751. The molecule has 1 saturated carbocycles. The minimum absolute atomic E-state index is 0.470. The minimum Gasteiger partial charge on any atom is -0.334 e. The van der Waals surface area contributed by atoms with Gasteiger partial charge in [-0.2, -0.15) is 10.2 Å². The lowest BCUT2D eigenvalue weighted by Gasteiger charge is -2.22. The predicted octanol–water partition coefficient (Wildman–Crippen LogP) is 2.65. The smallest absolute Gasteiger partial charge is 0.198 e. The molecule has 136 valence electrons. The molecule has 2 fully saturated rings. The highest BCUT2D eigenvalue weighted by Gasteiger charge is 2.21. The maximum Gasteiger partial charge on any atom is 0.198 e. The van der Waals surface area contributed by atoms with E-state index in [4.69, 9.17) is 4.98 Å². The van der Waals surface area contributed by atoms with E-state index in [0.717, 1.165) is 48.8 Å². The van der Waals surface area contributed by atoms with Crippen molar-refractivity contribution in [3.05, 3.63) is 30.6 Å². The van der Waals surface area contributed by atoms with Crippen LogP contribution in [0.15, 0.2) is 24.9 Å². The zero-order valence-electron chi connectivity index (χ0n) is 14.8. The summed E-state index contributed by atoms with van der Waals surface area (Å²) in [5.74, 6) is 1.29. The lowest BCUT2D eigenvalue weighted by atomic mass is 10.1. The largest absolute Gasteiger partial charge is 0.334 e. The van der Waals surface area contributed by atoms with Crippen molar-refractivity contribution >= 4 is 17.2 Å². The highest BCUT2D eigenvalue weighted by Crippen LogP contribution is 2.34. The molecule has 5 rings (SSSR count). The van der Waals surface area contributed by atoms with Gasteiger partial charge in [-0.15, -0.1) is 0 Å². The summed E-state index contributed by atoms with van der Waals surface area (Å²) in [6, 6.07) is 0.470. The first-order valence-electron chi connectivity index (χ1n) is 9.59. The molecule has 0 atom stereocenters. The summed E-state index contributed by atoms with van der Waals surface area (Å²) in [6.45, 7) is 2.11. The second-order valence-electron chi connectivity index (χ2n) is 7.34. The first-order valence-corrected chi connectivity index (χ1v) is 9.59. The Balaban J connectivity index is 1.43. The summed E-state index contributed by atoms with van der Waals surface area (Å²) in [6.07, 6.45) is 14.8. The zero-order valence-corrected chi connectivity index (χ0v) is 14.8. The van der Waals surface area contributed by atoms with Gasteiger partial charge in [0.05, 0.1) is 29.8 Å². The SMILES string of the molecule is c1nc2c(Nc3cnn(C4CCNCC4)c3)nc(C3CCCC3)cn2n1. The monoisotopic (exact) mass is 352 g/mol. The van der Waals surface area contributed by atoms with Crippen molar-refractivity contribution in [3.8, 4) is 0 Å². The van der Waals surface area contributed by atoms with E-state index in [-0.39, 0.29) is 0 Å². The van der Waals surface area contributed by atoms with Gasteiger partial charge in [-0.05, 0) is 38.8 Å². The zero-order chi connectivity index (χ0) is 17.3. The van der Waals surface area contributed by atoms with Gasteiger partial charge in [0, 0.05) is 12.1 Å². The van der Waals surface area contributed by atoms with Crippen LogP contribution >= 0.6 is 0 Å². The number of aromatic nitrogens is 6. The Hall–Kier alpha value is -2.48. The van der Waals surface area contributed by atoms with Crippen LogP contribution in [0.4, 0.5) is 11.5 Å². The van der Waals surface area contributed by atoms with Crippen molar-refractivity contribution in [1.82, 2.24) is 34.7 Å². The molecule has 3 aromatic heterocycles. The van der Waals surface area contributed by atoms with E-state index >= 15 is 0 Å². The highest BCUT2D eigenvalue weighted by molar-refractivity contribution is 5.68. The van der Waals surface area contributed by atoms with Crippen molar-refractivity contribution < 1.29 is 0 Å². The summed E-state index contributed by atoms with van der Waals surface area (Å²) in [7, 11) is 0. The van der Waals surface area contributed by atoms with Gasteiger partial charge in [0.25, 0.3) is 0 Å². The van der Waals surface area contributed by atoms with Crippen molar-refractivity contribution in [2.45, 2.75) is 50.5 Å². The first kappa shape index (κ1) is 15.7. The third-order valence-electron chi connectivity index (χ3n) is 5.60. The lowest BCUT2D eigenvalue weighted by Crippen LogP contribution is -2.29. The van der Waals surface area contributed by atoms with E-state index in [1.807, 2.05) is 16.9 Å². The first-order chi connectivity index (χ1) is 12.9. The van der Waals surface area contributed by atoms with Crippen LogP contribution in [-0.4, -0.2) is 42.5 Å². The van der Waals surface area contributed by atoms with E-state index in [1.54, 1.807) is 6.33 Å². The fourth-order valence-corrected chi connectivity index (χ4v) is 4.16. The summed E-state index contributed by atoms with van der Waals surface area (Å²) in [5.41, 5.74) is 2.81. The topological polar surface area (TPSA) is 85.0 Å². The van der Waals surface area contributed by atoms with Crippen LogP contribution in [0.3, 0.4) is 0 Å². The number of fused-ring (bicyclic) bond motifs is 1. The fourth-order valence-electron chi connectivity index (χ4n) is 4.16. The number of nitrogens with one attached hydrogen (secondary N) is 2. The van der Waals surface area contributed by atoms with E-state index in [1.165, 1.54) is 25.7 Å². The fraction of sp³-hybridized carbons (Fsp3) is 0.556. The average Bonchev–Trinajstić information content (AvgIpc) is 3.43. The molecule has 0 bridgehead atoms. The number of rotatable bonds is 4. The highest BCUT2D eigenvalue weighted by atomic mass is 15.3. The van der Waals surface area contributed by atoms with Crippen LogP contribution in [0, 0.1) is 0 Å². The Labute approximate surface area is 152 Å². The molecule has 1 saturated heterocycles. The Kier molecular flexibility index (Phi) is 4.05. The Morgan fingerprint density at radius 1 is 1.04 bits per heavy atom. The molecule has 2 aliphatic rings. The summed E-state index contributed by atoms with van der Waals surface area (Å²) in [4.78, 5) is 9.26. The predicted molar refractivity (Wildman–Crippen MR) is 98.6 cm³/mol. The molecule has 0 radical (unpaired) electrons. The molecular weight excluding hydrogens is 328 g/mol. The van der Waals surface area contributed by atoms with Crippen molar-refractivity contribution in [1.29, 1.82) is 0 Å². The molecule has 3 aromatic rings. The number of hydrogen-bond donors (Lipinski definition) is 2. The molecule has 0 spiro atoms. The third kappa shape index (κ3) is 2.94. The average molecular weight is 352 g/mol. The molecule has 4 heterocycles.